The van der Waals surface area contributed by atoms with Crippen LogP contribution < -0.4 is 4.74 Å². The minimum absolute atomic E-state index is 0.0635. The van der Waals surface area contributed by atoms with Crippen molar-refractivity contribution >= 4 is 11.8 Å². The van der Waals surface area contributed by atoms with Crippen LogP contribution in [-0.4, -0.2) is 32.7 Å². The van der Waals surface area contributed by atoms with Crippen LogP contribution in [0.5, 0.6) is 5.75 Å². The number of aromatic nitrogens is 3. The van der Waals surface area contributed by atoms with Crippen LogP contribution >= 0.6 is 11.8 Å². The Morgan fingerprint density at radius 2 is 2.00 bits per heavy atom. The van der Waals surface area contributed by atoms with Gasteiger partial charge in [0, 0.05) is 12.3 Å². The van der Waals surface area contributed by atoms with E-state index in [-0.39, 0.29) is 6.61 Å². The maximum atomic E-state index is 9.27. The van der Waals surface area contributed by atoms with E-state index in [0.29, 0.717) is 5.82 Å². The van der Waals surface area contributed by atoms with Gasteiger partial charge in [0.2, 0.25) is 0 Å². The monoisotopic (exact) mass is 307 g/mol. The molecule has 0 radical (unpaired) electrons. The molecule has 0 bridgehead atoms. The molecule has 114 valence electrons. The van der Waals surface area contributed by atoms with Crippen LogP contribution in [-0.2, 0) is 19.6 Å². The van der Waals surface area contributed by atoms with Gasteiger partial charge in [-0.05, 0) is 30.5 Å². The second-order valence-electron chi connectivity index (χ2n) is 4.66. The first-order valence-corrected chi connectivity index (χ1v) is 8.05. The molecule has 1 N–H and O–H groups in total. The zero-order chi connectivity index (χ0) is 15.1. The number of nitrogens with zero attached hydrogens (tertiary/aromatic N) is 3. The van der Waals surface area contributed by atoms with E-state index < -0.39 is 0 Å². The van der Waals surface area contributed by atoms with Crippen molar-refractivity contribution in [3.63, 3.8) is 0 Å². The van der Waals surface area contributed by atoms with E-state index in [2.05, 4.69) is 29.3 Å². The molecule has 0 aliphatic heterocycles. The summed E-state index contributed by atoms with van der Waals surface area (Å²) in [6, 6.07) is 8.11. The van der Waals surface area contributed by atoms with E-state index >= 15 is 0 Å². The molecule has 1 aromatic heterocycles. The number of benzene rings is 1. The third kappa shape index (κ3) is 4.22. The summed E-state index contributed by atoms with van der Waals surface area (Å²) >= 11 is 1.67. The van der Waals surface area contributed by atoms with Gasteiger partial charge in [0.15, 0.2) is 11.0 Å². The highest BCUT2D eigenvalue weighted by atomic mass is 32.2. The van der Waals surface area contributed by atoms with Gasteiger partial charge in [0.05, 0.1) is 7.11 Å². The molecule has 0 fully saturated rings. The zero-order valence-corrected chi connectivity index (χ0v) is 13.3. The molecule has 0 aliphatic rings. The number of rotatable bonds is 8. The first kappa shape index (κ1) is 15.9. The summed E-state index contributed by atoms with van der Waals surface area (Å²) in [6.45, 7) is 2.88. The van der Waals surface area contributed by atoms with Gasteiger partial charge in [-0.15, -0.1) is 10.2 Å². The van der Waals surface area contributed by atoms with E-state index in [1.807, 2.05) is 16.7 Å². The van der Waals surface area contributed by atoms with Crippen molar-refractivity contribution in [1.29, 1.82) is 0 Å². The van der Waals surface area contributed by atoms with Gasteiger partial charge in [0.1, 0.15) is 12.4 Å². The molecule has 1 heterocycles. The lowest BCUT2D eigenvalue weighted by atomic mass is 10.2. The number of aryl methyl sites for hydroxylation is 1. The van der Waals surface area contributed by atoms with Gasteiger partial charge < -0.3 is 14.4 Å². The fourth-order valence-corrected chi connectivity index (χ4v) is 3.01. The molecule has 2 rings (SSSR count). The van der Waals surface area contributed by atoms with Crippen LogP contribution in [0.4, 0.5) is 0 Å². The van der Waals surface area contributed by atoms with E-state index in [1.54, 1.807) is 18.9 Å². The molecule has 2 aromatic rings. The van der Waals surface area contributed by atoms with Crippen molar-refractivity contribution in [2.24, 2.45) is 0 Å². The summed E-state index contributed by atoms with van der Waals surface area (Å²) in [6.07, 6.45) is 1.96. The van der Waals surface area contributed by atoms with Crippen molar-refractivity contribution in [3.8, 4) is 5.75 Å². The average molecular weight is 307 g/mol. The first-order valence-electron chi connectivity index (χ1n) is 7.07. The largest absolute Gasteiger partial charge is 0.497 e. The lowest BCUT2D eigenvalue weighted by Gasteiger charge is -2.07. The van der Waals surface area contributed by atoms with Gasteiger partial charge in [0.25, 0.3) is 0 Å². The molecule has 5 nitrogen and oxygen atoms in total. The summed E-state index contributed by atoms with van der Waals surface area (Å²) in [7, 11) is 1.67. The molecular weight excluding hydrogens is 286 g/mol. The molecule has 6 heteroatoms. The van der Waals surface area contributed by atoms with Crippen molar-refractivity contribution in [2.45, 2.75) is 38.1 Å². The smallest absolute Gasteiger partial charge is 0.191 e. The molecule has 1 aromatic carbocycles. The summed E-state index contributed by atoms with van der Waals surface area (Å²) in [5, 5.41) is 18.3. The van der Waals surface area contributed by atoms with Crippen LogP contribution in [0.25, 0.3) is 0 Å². The molecule has 21 heavy (non-hydrogen) atoms. The Kier molecular flexibility index (Phi) is 6.07. The lowest BCUT2D eigenvalue weighted by Crippen LogP contribution is -2.05. The molecule has 0 atom stereocenters. The molecular formula is C15H21N3O2S. The molecule has 0 saturated heterocycles. The number of aliphatic hydroxyl groups is 1. The highest BCUT2D eigenvalue weighted by Gasteiger charge is 2.10. The van der Waals surface area contributed by atoms with Crippen LogP contribution in [0.2, 0.25) is 0 Å². The highest BCUT2D eigenvalue weighted by molar-refractivity contribution is 7.99. The van der Waals surface area contributed by atoms with Crippen molar-refractivity contribution in [1.82, 2.24) is 14.8 Å². The number of methoxy groups -OCH3 is 1. The fraction of sp³-hybridized carbons (Fsp3) is 0.467. The topological polar surface area (TPSA) is 60.2 Å². The van der Waals surface area contributed by atoms with Gasteiger partial charge in [-0.3, -0.25) is 0 Å². The van der Waals surface area contributed by atoms with Crippen LogP contribution in [0.15, 0.2) is 29.4 Å². The summed E-state index contributed by atoms with van der Waals surface area (Å²) < 4.78 is 7.15. The predicted molar refractivity (Wildman–Crippen MR) is 83.7 cm³/mol. The second kappa shape index (κ2) is 8.05. The summed E-state index contributed by atoms with van der Waals surface area (Å²) in [4.78, 5) is 0. The minimum Gasteiger partial charge on any atom is -0.497 e. The van der Waals surface area contributed by atoms with E-state index in [1.165, 1.54) is 5.56 Å². The Bertz CT molecular complexity index is 555. The number of thioether (sulfide) groups is 1. The van der Waals surface area contributed by atoms with Crippen molar-refractivity contribution < 1.29 is 9.84 Å². The summed E-state index contributed by atoms with van der Waals surface area (Å²) in [5.74, 6) is 2.45. The molecule has 0 aliphatic carbocycles. The number of hydrogen-bond donors (Lipinski definition) is 1. The maximum absolute atomic E-state index is 9.27. The van der Waals surface area contributed by atoms with Crippen LogP contribution in [0.1, 0.15) is 24.7 Å². The summed E-state index contributed by atoms with van der Waals surface area (Å²) in [5.41, 5.74) is 1.27. The Morgan fingerprint density at radius 3 is 2.62 bits per heavy atom. The third-order valence-electron chi connectivity index (χ3n) is 3.16. The van der Waals surface area contributed by atoms with Gasteiger partial charge in [-0.2, -0.15) is 0 Å². The van der Waals surface area contributed by atoms with E-state index in [4.69, 9.17) is 4.74 Å². The number of aliphatic hydroxyl groups excluding tert-OH is 1. The predicted octanol–water partition coefficient (Wildman–Crippen LogP) is 2.52. The number of hydrogen-bond acceptors (Lipinski definition) is 5. The maximum Gasteiger partial charge on any atom is 0.191 e. The average Bonchev–Trinajstić information content (AvgIpc) is 2.91. The molecule has 0 unspecified atom stereocenters. The molecule has 0 amide bonds. The molecule has 0 saturated carbocycles. The number of ether oxygens (including phenoxy) is 1. The van der Waals surface area contributed by atoms with Crippen molar-refractivity contribution in [3.05, 3.63) is 35.7 Å². The van der Waals surface area contributed by atoms with Gasteiger partial charge in [-0.25, -0.2) is 0 Å². The Labute approximate surface area is 129 Å². The normalized spacial score (nSPS) is 10.8. The van der Waals surface area contributed by atoms with Gasteiger partial charge in [-0.1, -0.05) is 30.8 Å². The minimum atomic E-state index is -0.0635. The lowest BCUT2D eigenvalue weighted by molar-refractivity contribution is 0.263. The fourth-order valence-electron chi connectivity index (χ4n) is 2.04. The van der Waals surface area contributed by atoms with Crippen LogP contribution in [0.3, 0.4) is 0 Å². The first-order chi connectivity index (χ1) is 10.3. The highest BCUT2D eigenvalue weighted by Crippen LogP contribution is 2.20. The second-order valence-corrected chi connectivity index (χ2v) is 5.72. The van der Waals surface area contributed by atoms with Gasteiger partial charge >= 0.3 is 0 Å². The zero-order valence-electron chi connectivity index (χ0n) is 12.5. The quantitative estimate of drug-likeness (QED) is 0.759. The standard InChI is InChI=1S/C15H21N3O2S/c1-3-9-18-14(11-19)16-17-15(18)21-10-8-12-4-6-13(20-2)7-5-12/h4-7,19H,3,8-11H2,1-2H3. The SMILES string of the molecule is CCCn1c(CO)nnc1SCCc1ccc(OC)cc1. The Hall–Kier alpha value is -1.53. The Balaban J connectivity index is 1.91. The molecule has 0 spiro atoms. The third-order valence-corrected chi connectivity index (χ3v) is 4.13. The van der Waals surface area contributed by atoms with E-state index in [9.17, 15) is 5.11 Å². The Morgan fingerprint density at radius 1 is 1.24 bits per heavy atom. The van der Waals surface area contributed by atoms with Crippen molar-refractivity contribution in [2.75, 3.05) is 12.9 Å². The van der Waals surface area contributed by atoms with Crippen LogP contribution in [0, 0.1) is 0 Å². The van der Waals surface area contributed by atoms with E-state index in [0.717, 1.165) is 36.0 Å².